The van der Waals surface area contributed by atoms with Crippen molar-refractivity contribution >= 4 is 0 Å². The first-order valence-corrected chi connectivity index (χ1v) is 6.34. The van der Waals surface area contributed by atoms with E-state index in [9.17, 15) is 5.11 Å². The second-order valence-corrected chi connectivity index (χ2v) is 5.80. The largest absolute Gasteiger partial charge is 0.362 e. The summed E-state index contributed by atoms with van der Waals surface area (Å²) in [5, 5.41) is 10.1. The summed E-state index contributed by atoms with van der Waals surface area (Å²) in [5.74, 6) is -0.659. The third-order valence-corrected chi connectivity index (χ3v) is 3.84. The molecule has 0 amide bonds. The summed E-state index contributed by atoms with van der Waals surface area (Å²) < 4.78 is 5.88. The number of hydrogen-bond donors (Lipinski definition) is 1. The van der Waals surface area contributed by atoms with E-state index >= 15 is 0 Å². The molecule has 0 bridgehead atoms. The summed E-state index contributed by atoms with van der Waals surface area (Å²) in [4.78, 5) is 0. The maximum absolute atomic E-state index is 10.1. The molecule has 16 heavy (non-hydrogen) atoms. The summed E-state index contributed by atoms with van der Waals surface area (Å²) in [6.45, 7) is 11.4. The van der Waals surface area contributed by atoms with Crippen molar-refractivity contribution in [2.45, 2.75) is 71.2 Å². The van der Waals surface area contributed by atoms with E-state index < -0.39 is 5.79 Å². The summed E-state index contributed by atoms with van der Waals surface area (Å²) in [5.41, 5.74) is 0.388. The summed E-state index contributed by atoms with van der Waals surface area (Å²) in [7, 11) is 0. The van der Waals surface area contributed by atoms with Crippen LogP contribution < -0.4 is 0 Å². The van der Waals surface area contributed by atoms with Gasteiger partial charge in [0, 0.05) is 0 Å². The van der Waals surface area contributed by atoms with Gasteiger partial charge in [-0.05, 0) is 52.0 Å². The molecule has 1 rings (SSSR count). The summed E-state index contributed by atoms with van der Waals surface area (Å²) in [6.07, 6.45) is 6.32. The number of aliphatic hydroxyl groups is 1. The third-order valence-electron chi connectivity index (χ3n) is 3.84. The van der Waals surface area contributed by atoms with Gasteiger partial charge in [0.05, 0.1) is 5.60 Å². The van der Waals surface area contributed by atoms with Crippen molar-refractivity contribution in [3.63, 3.8) is 0 Å². The van der Waals surface area contributed by atoms with E-state index in [1.165, 1.54) is 32.1 Å². The number of ether oxygens (including phenoxy) is 1. The second-order valence-electron chi connectivity index (χ2n) is 5.80. The van der Waals surface area contributed by atoms with Crippen LogP contribution in [0.4, 0.5) is 0 Å². The predicted octanol–water partition coefficient (Wildman–Crippen LogP) is 3.65. The molecule has 0 aromatic carbocycles. The van der Waals surface area contributed by atoms with Crippen LogP contribution in [0.25, 0.3) is 0 Å². The van der Waals surface area contributed by atoms with Crippen molar-refractivity contribution in [3.8, 4) is 0 Å². The van der Waals surface area contributed by atoms with Crippen LogP contribution in [0.15, 0.2) is 12.2 Å². The Morgan fingerprint density at radius 1 is 1.19 bits per heavy atom. The minimum Gasteiger partial charge on any atom is -0.362 e. The molecule has 0 aromatic rings. The number of rotatable bonds is 4. The van der Waals surface area contributed by atoms with Crippen LogP contribution in [0.5, 0.6) is 0 Å². The Hall–Kier alpha value is -0.340. The van der Waals surface area contributed by atoms with E-state index in [1.54, 1.807) is 13.8 Å². The zero-order valence-electron chi connectivity index (χ0n) is 11.2. The molecule has 1 N–H and O–H groups in total. The van der Waals surface area contributed by atoms with Gasteiger partial charge in [-0.25, -0.2) is 0 Å². The minimum absolute atomic E-state index is 0.275. The van der Waals surface area contributed by atoms with Crippen LogP contribution in [-0.2, 0) is 4.74 Å². The molecule has 1 aliphatic carbocycles. The predicted molar refractivity (Wildman–Crippen MR) is 67.2 cm³/mol. The van der Waals surface area contributed by atoms with Gasteiger partial charge < -0.3 is 9.84 Å². The molecule has 1 saturated carbocycles. The highest BCUT2D eigenvalue weighted by Crippen LogP contribution is 2.37. The Balaban J connectivity index is 2.65. The first-order chi connectivity index (χ1) is 7.26. The van der Waals surface area contributed by atoms with Crippen LogP contribution in [-0.4, -0.2) is 16.5 Å². The fourth-order valence-corrected chi connectivity index (χ4v) is 2.48. The molecular formula is C14H26O2. The molecule has 0 radical (unpaired) electrons. The van der Waals surface area contributed by atoms with Gasteiger partial charge in [0.1, 0.15) is 0 Å². The molecule has 0 heterocycles. The molecule has 0 aromatic heterocycles. The van der Waals surface area contributed by atoms with Gasteiger partial charge in [-0.15, -0.1) is 0 Å². The highest BCUT2D eigenvalue weighted by atomic mass is 16.6. The Bertz CT molecular complexity index is 247. The molecule has 0 aliphatic heterocycles. The quantitative estimate of drug-likeness (QED) is 0.585. The third kappa shape index (κ3) is 3.33. The van der Waals surface area contributed by atoms with Crippen molar-refractivity contribution in [1.82, 2.24) is 0 Å². The fraction of sp³-hybridized carbons (Fsp3) is 0.857. The van der Waals surface area contributed by atoms with Crippen molar-refractivity contribution in [2.24, 2.45) is 5.92 Å². The molecular weight excluding hydrogens is 200 g/mol. The lowest BCUT2D eigenvalue weighted by molar-refractivity contribution is -0.240. The Labute approximate surface area is 99.7 Å². The standard InChI is InChI=1S/C14H26O2/c1-11(2)14(5,15)16-13(3,4)12-9-7-6-8-10-12/h12,15H,1,6-10H2,2-5H3. The topological polar surface area (TPSA) is 29.5 Å². The Morgan fingerprint density at radius 2 is 1.69 bits per heavy atom. The maximum atomic E-state index is 10.1. The van der Waals surface area contributed by atoms with E-state index in [0.29, 0.717) is 11.5 Å². The summed E-state index contributed by atoms with van der Waals surface area (Å²) >= 11 is 0. The van der Waals surface area contributed by atoms with E-state index in [1.807, 2.05) is 0 Å². The molecule has 1 unspecified atom stereocenters. The van der Waals surface area contributed by atoms with E-state index in [4.69, 9.17) is 4.74 Å². The molecule has 94 valence electrons. The van der Waals surface area contributed by atoms with Gasteiger partial charge in [0.15, 0.2) is 5.79 Å². The molecule has 2 nitrogen and oxygen atoms in total. The van der Waals surface area contributed by atoms with Crippen LogP contribution in [0.2, 0.25) is 0 Å². The van der Waals surface area contributed by atoms with Crippen molar-refractivity contribution < 1.29 is 9.84 Å². The highest BCUT2D eigenvalue weighted by molar-refractivity contribution is 5.02. The lowest BCUT2D eigenvalue weighted by Crippen LogP contribution is -2.45. The number of hydrogen-bond acceptors (Lipinski definition) is 2. The minimum atomic E-state index is -1.21. The van der Waals surface area contributed by atoms with Gasteiger partial charge in [0.2, 0.25) is 0 Å². The smallest absolute Gasteiger partial charge is 0.185 e. The van der Waals surface area contributed by atoms with Crippen LogP contribution >= 0.6 is 0 Å². The fourth-order valence-electron chi connectivity index (χ4n) is 2.48. The van der Waals surface area contributed by atoms with Gasteiger partial charge >= 0.3 is 0 Å². The van der Waals surface area contributed by atoms with Gasteiger partial charge in [-0.1, -0.05) is 25.8 Å². The van der Waals surface area contributed by atoms with Gasteiger partial charge in [-0.2, -0.15) is 0 Å². The average Bonchev–Trinajstić information content (AvgIpc) is 2.17. The molecule has 0 spiro atoms. The first kappa shape index (κ1) is 13.7. The monoisotopic (exact) mass is 226 g/mol. The van der Waals surface area contributed by atoms with Crippen LogP contribution in [0.1, 0.15) is 59.8 Å². The normalized spacial score (nSPS) is 22.8. The lowest BCUT2D eigenvalue weighted by Gasteiger charge is -2.42. The van der Waals surface area contributed by atoms with Gasteiger partial charge in [0.25, 0.3) is 0 Å². The lowest BCUT2D eigenvalue weighted by atomic mass is 9.78. The van der Waals surface area contributed by atoms with Crippen molar-refractivity contribution in [2.75, 3.05) is 0 Å². The maximum Gasteiger partial charge on any atom is 0.185 e. The molecule has 2 heteroatoms. The van der Waals surface area contributed by atoms with Gasteiger partial charge in [-0.3, -0.25) is 0 Å². The summed E-state index contributed by atoms with van der Waals surface area (Å²) in [6, 6.07) is 0. The second kappa shape index (κ2) is 4.89. The van der Waals surface area contributed by atoms with Crippen molar-refractivity contribution in [1.29, 1.82) is 0 Å². The highest BCUT2D eigenvalue weighted by Gasteiger charge is 2.37. The van der Waals surface area contributed by atoms with E-state index in [2.05, 4.69) is 20.4 Å². The first-order valence-electron chi connectivity index (χ1n) is 6.34. The van der Waals surface area contributed by atoms with Crippen LogP contribution in [0.3, 0.4) is 0 Å². The van der Waals surface area contributed by atoms with E-state index in [0.717, 1.165) is 0 Å². The Morgan fingerprint density at radius 3 is 2.12 bits per heavy atom. The average molecular weight is 226 g/mol. The van der Waals surface area contributed by atoms with Crippen LogP contribution in [0, 0.1) is 5.92 Å². The zero-order chi connectivity index (χ0) is 12.4. The van der Waals surface area contributed by atoms with E-state index in [-0.39, 0.29) is 5.60 Å². The van der Waals surface area contributed by atoms with Crippen molar-refractivity contribution in [3.05, 3.63) is 12.2 Å². The molecule has 1 atom stereocenters. The SMILES string of the molecule is C=C(C)C(C)(O)OC(C)(C)C1CCCCC1. The molecule has 1 aliphatic rings. The molecule has 1 fully saturated rings. The Kier molecular flexibility index (Phi) is 4.19. The molecule has 0 saturated heterocycles. The zero-order valence-corrected chi connectivity index (χ0v) is 11.2.